The van der Waals surface area contributed by atoms with Crippen molar-refractivity contribution in [2.24, 2.45) is 5.73 Å². The molecule has 0 amide bonds. The van der Waals surface area contributed by atoms with Gasteiger partial charge in [0.05, 0.1) is 11.7 Å². The first-order valence-corrected chi connectivity index (χ1v) is 6.37. The van der Waals surface area contributed by atoms with E-state index in [1.54, 1.807) is 0 Å². The van der Waals surface area contributed by atoms with Gasteiger partial charge in [0.2, 0.25) is 0 Å². The van der Waals surface area contributed by atoms with Crippen LogP contribution in [-0.2, 0) is 0 Å². The highest BCUT2D eigenvalue weighted by Gasteiger charge is 2.18. The summed E-state index contributed by atoms with van der Waals surface area (Å²) >= 11 is 0. The van der Waals surface area contributed by atoms with Crippen molar-refractivity contribution in [3.8, 4) is 0 Å². The van der Waals surface area contributed by atoms with Crippen LogP contribution in [0.3, 0.4) is 0 Å². The van der Waals surface area contributed by atoms with Gasteiger partial charge >= 0.3 is 0 Å². The first-order chi connectivity index (χ1) is 8.52. The standard InChI is InChI=1S/C15H21N3/c1-10(2)18-13(8-9-17-18)15(16)14-11(3)6-5-7-12(14)4/h5-10,15H,16H2,1-4H3. The molecule has 0 saturated heterocycles. The summed E-state index contributed by atoms with van der Waals surface area (Å²) in [5.74, 6) is 0. The lowest BCUT2D eigenvalue weighted by molar-refractivity contribution is 0.498. The molecule has 3 nitrogen and oxygen atoms in total. The summed E-state index contributed by atoms with van der Waals surface area (Å²) in [6.07, 6.45) is 1.82. The van der Waals surface area contributed by atoms with Crippen LogP contribution in [0, 0.1) is 13.8 Å². The molecule has 96 valence electrons. The molecule has 2 aromatic rings. The zero-order chi connectivity index (χ0) is 13.3. The quantitative estimate of drug-likeness (QED) is 0.900. The molecule has 2 N–H and O–H groups in total. The number of nitrogens with two attached hydrogens (primary N) is 1. The summed E-state index contributed by atoms with van der Waals surface area (Å²) in [5, 5.41) is 4.36. The Labute approximate surface area is 109 Å². The second-order valence-electron chi connectivity index (χ2n) is 5.08. The molecule has 18 heavy (non-hydrogen) atoms. The van der Waals surface area contributed by atoms with E-state index in [2.05, 4.69) is 51.0 Å². The zero-order valence-electron chi connectivity index (χ0n) is 11.5. The van der Waals surface area contributed by atoms with Crippen molar-refractivity contribution in [2.75, 3.05) is 0 Å². The molecular formula is C15H21N3. The van der Waals surface area contributed by atoms with Gasteiger partial charge in [-0.15, -0.1) is 0 Å². The van der Waals surface area contributed by atoms with Gasteiger partial charge in [-0.05, 0) is 50.5 Å². The Bertz CT molecular complexity index is 520. The summed E-state index contributed by atoms with van der Waals surface area (Å²) in [6.45, 7) is 8.46. The Kier molecular flexibility index (Phi) is 3.53. The molecule has 0 saturated carbocycles. The number of rotatable bonds is 3. The molecule has 3 heteroatoms. The smallest absolute Gasteiger partial charge is 0.0728 e. The van der Waals surface area contributed by atoms with E-state index in [1.807, 2.05) is 16.9 Å². The van der Waals surface area contributed by atoms with Gasteiger partial charge in [0.1, 0.15) is 0 Å². The van der Waals surface area contributed by atoms with E-state index >= 15 is 0 Å². The molecule has 1 atom stereocenters. The van der Waals surface area contributed by atoms with Crippen LogP contribution >= 0.6 is 0 Å². The number of hydrogen-bond acceptors (Lipinski definition) is 2. The molecule has 0 bridgehead atoms. The average molecular weight is 243 g/mol. The van der Waals surface area contributed by atoms with Crippen molar-refractivity contribution in [1.82, 2.24) is 9.78 Å². The Hall–Kier alpha value is -1.61. The van der Waals surface area contributed by atoms with E-state index in [-0.39, 0.29) is 6.04 Å². The van der Waals surface area contributed by atoms with Crippen molar-refractivity contribution < 1.29 is 0 Å². The lowest BCUT2D eigenvalue weighted by Gasteiger charge is -2.20. The number of nitrogens with zero attached hydrogens (tertiary/aromatic N) is 2. The maximum absolute atomic E-state index is 6.44. The molecule has 2 rings (SSSR count). The SMILES string of the molecule is Cc1cccc(C)c1C(N)c1ccnn1C(C)C. The van der Waals surface area contributed by atoms with Crippen LogP contribution in [0.1, 0.15) is 48.3 Å². The minimum absolute atomic E-state index is 0.115. The molecule has 0 aliphatic carbocycles. The number of benzene rings is 1. The largest absolute Gasteiger partial charge is 0.319 e. The van der Waals surface area contributed by atoms with Crippen LogP contribution in [0.4, 0.5) is 0 Å². The van der Waals surface area contributed by atoms with Crippen LogP contribution in [0.15, 0.2) is 30.5 Å². The number of aromatic nitrogens is 2. The fourth-order valence-corrected chi connectivity index (χ4v) is 2.47. The second-order valence-corrected chi connectivity index (χ2v) is 5.08. The molecular weight excluding hydrogens is 222 g/mol. The lowest BCUT2D eigenvalue weighted by atomic mass is 9.94. The van der Waals surface area contributed by atoms with Gasteiger partial charge < -0.3 is 5.73 Å². The van der Waals surface area contributed by atoms with Crippen LogP contribution in [-0.4, -0.2) is 9.78 Å². The molecule has 1 aromatic carbocycles. The van der Waals surface area contributed by atoms with E-state index in [4.69, 9.17) is 5.73 Å². The molecule has 1 unspecified atom stereocenters. The third-order valence-corrected chi connectivity index (χ3v) is 3.36. The summed E-state index contributed by atoms with van der Waals surface area (Å²) in [5.41, 5.74) is 11.2. The predicted molar refractivity (Wildman–Crippen MR) is 74.6 cm³/mol. The van der Waals surface area contributed by atoms with Gasteiger partial charge in [-0.1, -0.05) is 18.2 Å². The molecule has 0 radical (unpaired) electrons. The monoisotopic (exact) mass is 243 g/mol. The van der Waals surface area contributed by atoms with E-state index in [1.165, 1.54) is 16.7 Å². The summed E-state index contributed by atoms with van der Waals surface area (Å²) in [7, 11) is 0. The first kappa shape index (κ1) is 12.8. The molecule has 1 heterocycles. The van der Waals surface area contributed by atoms with Gasteiger partial charge in [-0.3, -0.25) is 4.68 Å². The maximum atomic E-state index is 6.44. The van der Waals surface area contributed by atoms with Crippen molar-refractivity contribution in [1.29, 1.82) is 0 Å². The van der Waals surface area contributed by atoms with Crippen molar-refractivity contribution in [3.05, 3.63) is 52.8 Å². The summed E-state index contributed by atoms with van der Waals surface area (Å²) in [4.78, 5) is 0. The highest BCUT2D eigenvalue weighted by molar-refractivity contribution is 5.39. The Morgan fingerprint density at radius 1 is 1.11 bits per heavy atom. The number of aryl methyl sites for hydroxylation is 2. The van der Waals surface area contributed by atoms with Crippen molar-refractivity contribution in [3.63, 3.8) is 0 Å². The third-order valence-electron chi connectivity index (χ3n) is 3.36. The van der Waals surface area contributed by atoms with Crippen LogP contribution in [0.25, 0.3) is 0 Å². The van der Waals surface area contributed by atoms with E-state index in [9.17, 15) is 0 Å². The highest BCUT2D eigenvalue weighted by Crippen LogP contribution is 2.26. The fraction of sp³-hybridized carbons (Fsp3) is 0.400. The second kappa shape index (κ2) is 4.94. The van der Waals surface area contributed by atoms with Gasteiger partial charge in [-0.25, -0.2) is 0 Å². The minimum atomic E-state index is -0.115. The zero-order valence-corrected chi connectivity index (χ0v) is 11.5. The third kappa shape index (κ3) is 2.18. The van der Waals surface area contributed by atoms with Crippen LogP contribution in [0.5, 0.6) is 0 Å². The Morgan fingerprint density at radius 3 is 2.28 bits per heavy atom. The van der Waals surface area contributed by atoms with Crippen LogP contribution in [0.2, 0.25) is 0 Å². The molecule has 0 aliphatic rings. The Balaban J connectivity index is 2.48. The maximum Gasteiger partial charge on any atom is 0.0728 e. The topological polar surface area (TPSA) is 43.8 Å². The molecule has 0 spiro atoms. The van der Waals surface area contributed by atoms with Gasteiger partial charge in [0.25, 0.3) is 0 Å². The Morgan fingerprint density at radius 2 is 1.72 bits per heavy atom. The molecule has 1 aromatic heterocycles. The summed E-state index contributed by atoms with van der Waals surface area (Å²) < 4.78 is 2.00. The van der Waals surface area contributed by atoms with Crippen LogP contribution < -0.4 is 5.73 Å². The van der Waals surface area contributed by atoms with Gasteiger partial charge in [-0.2, -0.15) is 5.10 Å². The van der Waals surface area contributed by atoms with E-state index in [0.29, 0.717) is 6.04 Å². The number of hydrogen-bond donors (Lipinski definition) is 1. The fourth-order valence-electron chi connectivity index (χ4n) is 2.47. The average Bonchev–Trinajstić information content (AvgIpc) is 2.77. The van der Waals surface area contributed by atoms with E-state index in [0.717, 1.165) is 5.69 Å². The minimum Gasteiger partial charge on any atom is -0.319 e. The normalized spacial score (nSPS) is 13.0. The highest BCUT2D eigenvalue weighted by atomic mass is 15.3. The summed E-state index contributed by atoms with van der Waals surface area (Å²) in [6, 6.07) is 8.51. The van der Waals surface area contributed by atoms with E-state index < -0.39 is 0 Å². The molecule has 0 fully saturated rings. The van der Waals surface area contributed by atoms with Crippen molar-refractivity contribution >= 4 is 0 Å². The first-order valence-electron chi connectivity index (χ1n) is 6.37. The van der Waals surface area contributed by atoms with Gasteiger partial charge in [0.15, 0.2) is 0 Å². The molecule has 0 aliphatic heterocycles. The van der Waals surface area contributed by atoms with Gasteiger partial charge in [0, 0.05) is 12.2 Å². The predicted octanol–water partition coefficient (Wildman–Crippen LogP) is 3.13. The van der Waals surface area contributed by atoms with Crippen molar-refractivity contribution in [2.45, 2.75) is 39.8 Å². The lowest BCUT2D eigenvalue weighted by Crippen LogP contribution is -2.20.